The van der Waals surface area contributed by atoms with Gasteiger partial charge in [0.25, 0.3) is 0 Å². The number of rotatable bonds is 3. The standard InChI is InChI=1S/C18H15ClFN3O3/c19-11-8-22(7-9-1-3-10(20)4-2-9)21-16(11)23-17(24)14-12-5-6-13(26-12)15(14)18(23)25/h1-4,8,12-15H,5-7H2/t12-,13+,14-,15+. The van der Waals surface area contributed by atoms with Gasteiger partial charge in [0, 0.05) is 6.20 Å². The van der Waals surface area contributed by atoms with Gasteiger partial charge in [-0.05, 0) is 30.5 Å². The van der Waals surface area contributed by atoms with Gasteiger partial charge < -0.3 is 4.74 Å². The van der Waals surface area contributed by atoms with E-state index in [2.05, 4.69) is 5.10 Å². The molecule has 0 N–H and O–H groups in total. The van der Waals surface area contributed by atoms with E-state index in [4.69, 9.17) is 16.3 Å². The first kappa shape index (κ1) is 16.0. The highest BCUT2D eigenvalue weighted by Crippen LogP contribution is 2.49. The summed E-state index contributed by atoms with van der Waals surface area (Å²) in [6.45, 7) is 0.359. The fraction of sp³-hybridized carbons (Fsp3) is 0.389. The van der Waals surface area contributed by atoms with Crippen LogP contribution in [0.5, 0.6) is 0 Å². The number of carbonyl (C=O) groups is 2. The van der Waals surface area contributed by atoms with Gasteiger partial charge >= 0.3 is 0 Å². The van der Waals surface area contributed by atoms with Crippen molar-refractivity contribution < 1.29 is 18.7 Å². The molecule has 8 heteroatoms. The van der Waals surface area contributed by atoms with E-state index in [0.717, 1.165) is 23.3 Å². The van der Waals surface area contributed by atoms with Gasteiger partial charge in [-0.25, -0.2) is 9.29 Å². The van der Waals surface area contributed by atoms with Gasteiger partial charge in [-0.3, -0.25) is 14.3 Å². The Hall–Kier alpha value is -2.25. The first-order valence-corrected chi connectivity index (χ1v) is 8.91. The molecule has 26 heavy (non-hydrogen) atoms. The highest BCUT2D eigenvalue weighted by Gasteiger charge is 2.63. The summed E-state index contributed by atoms with van der Waals surface area (Å²) >= 11 is 6.27. The molecular weight excluding hydrogens is 361 g/mol. The zero-order valence-electron chi connectivity index (χ0n) is 13.6. The van der Waals surface area contributed by atoms with Crippen LogP contribution < -0.4 is 4.90 Å². The van der Waals surface area contributed by atoms with Gasteiger partial charge in [0.05, 0.1) is 30.6 Å². The average molecular weight is 376 g/mol. The highest BCUT2D eigenvalue weighted by molar-refractivity contribution is 6.35. The molecule has 2 amide bonds. The largest absolute Gasteiger partial charge is 0.373 e. The number of anilines is 1. The monoisotopic (exact) mass is 375 g/mol. The van der Waals surface area contributed by atoms with Gasteiger partial charge in [-0.15, -0.1) is 0 Å². The van der Waals surface area contributed by atoms with Crippen LogP contribution in [0.4, 0.5) is 10.2 Å². The maximum Gasteiger partial charge on any atom is 0.241 e. The molecule has 1 aromatic heterocycles. The third-order valence-corrected chi connectivity index (χ3v) is 5.72. The van der Waals surface area contributed by atoms with Crippen LogP contribution in [0.3, 0.4) is 0 Å². The lowest BCUT2D eigenvalue weighted by Crippen LogP contribution is -2.34. The number of benzene rings is 1. The Balaban J connectivity index is 1.44. The number of imide groups is 1. The maximum atomic E-state index is 13.0. The van der Waals surface area contributed by atoms with Crippen LogP contribution in [-0.4, -0.2) is 33.8 Å². The Morgan fingerprint density at radius 2 is 1.73 bits per heavy atom. The minimum absolute atomic E-state index is 0.164. The van der Waals surface area contributed by atoms with Crippen molar-refractivity contribution in [2.24, 2.45) is 11.8 Å². The molecule has 1 aromatic carbocycles. The summed E-state index contributed by atoms with van der Waals surface area (Å²) in [4.78, 5) is 26.8. The Morgan fingerprint density at radius 3 is 2.35 bits per heavy atom. The lowest BCUT2D eigenvalue weighted by atomic mass is 9.81. The van der Waals surface area contributed by atoms with Crippen LogP contribution in [0.15, 0.2) is 30.5 Å². The van der Waals surface area contributed by atoms with Crippen LogP contribution in [0, 0.1) is 17.7 Å². The molecule has 6 nitrogen and oxygen atoms in total. The van der Waals surface area contributed by atoms with E-state index < -0.39 is 11.8 Å². The molecule has 134 valence electrons. The molecule has 5 rings (SSSR count). The molecule has 0 unspecified atom stereocenters. The van der Waals surface area contributed by atoms with Crippen molar-refractivity contribution in [1.82, 2.24) is 9.78 Å². The molecule has 2 bridgehead atoms. The minimum atomic E-state index is -0.417. The molecule has 4 atom stereocenters. The minimum Gasteiger partial charge on any atom is -0.373 e. The number of amides is 2. The Labute approximate surface area is 153 Å². The third kappa shape index (κ3) is 2.23. The maximum absolute atomic E-state index is 13.0. The van der Waals surface area contributed by atoms with Crippen LogP contribution in [0.25, 0.3) is 0 Å². The van der Waals surface area contributed by atoms with E-state index in [-0.39, 0.29) is 40.7 Å². The number of hydrogen-bond donors (Lipinski definition) is 0. The van der Waals surface area contributed by atoms with E-state index in [9.17, 15) is 14.0 Å². The zero-order valence-corrected chi connectivity index (χ0v) is 14.4. The fourth-order valence-electron chi connectivity index (χ4n) is 4.32. The van der Waals surface area contributed by atoms with Gasteiger partial charge in [-0.1, -0.05) is 23.7 Å². The van der Waals surface area contributed by atoms with Gasteiger partial charge in [0.2, 0.25) is 11.8 Å². The number of aromatic nitrogens is 2. The van der Waals surface area contributed by atoms with Crippen LogP contribution in [-0.2, 0) is 20.9 Å². The molecule has 0 saturated carbocycles. The van der Waals surface area contributed by atoms with E-state index in [1.54, 1.807) is 23.0 Å². The highest BCUT2D eigenvalue weighted by atomic mass is 35.5. The van der Waals surface area contributed by atoms with Crippen LogP contribution in [0.1, 0.15) is 18.4 Å². The van der Waals surface area contributed by atoms with Crippen LogP contribution >= 0.6 is 11.6 Å². The first-order valence-electron chi connectivity index (χ1n) is 8.53. The van der Waals surface area contributed by atoms with E-state index >= 15 is 0 Å². The number of halogens is 2. The van der Waals surface area contributed by atoms with E-state index in [1.807, 2.05) is 0 Å². The summed E-state index contributed by atoms with van der Waals surface area (Å²) in [6, 6.07) is 6.03. The predicted octanol–water partition coefficient (Wildman–Crippen LogP) is 2.39. The molecule has 3 aliphatic rings. The van der Waals surface area contributed by atoms with Crippen molar-refractivity contribution in [3.05, 3.63) is 46.9 Å². The zero-order chi connectivity index (χ0) is 18.0. The third-order valence-electron chi connectivity index (χ3n) is 5.45. The number of ether oxygens (including phenoxy) is 1. The number of fused-ring (bicyclic) bond motifs is 5. The molecule has 3 saturated heterocycles. The molecule has 0 aliphatic carbocycles. The quantitative estimate of drug-likeness (QED) is 0.773. The molecule has 0 spiro atoms. The van der Waals surface area contributed by atoms with Gasteiger partial charge in [0.1, 0.15) is 10.8 Å². The average Bonchev–Trinajstić information content (AvgIpc) is 3.35. The van der Waals surface area contributed by atoms with Gasteiger partial charge in [0.15, 0.2) is 5.82 Å². The topological polar surface area (TPSA) is 64.4 Å². The first-order chi connectivity index (χ1) is 12.5. The number of hydrogen-bond acceptors (Lipinski definition) is 4. The van der Waals surface area contributed by atoms with Crippen molar-refractivity contribution in [2.75, 3.05) is 4.90 Å². The molecule has 2 aromatic rings. The van der Waals surface area contributed by atoms with Crippen molar-refractivity contribution >= 4 is 29.2 Å². The molecule has 0 radical (unpaired) electrons. The summed E-state index contributed by atoms with van der Waals surface area (Å²) in [7, 11) is 0. The van der Waals surface area contributed by atoms with Crippen molar-refractivity contribution in [2.45, 2.75) is 31.6 Å². The van der Waals surface area contributed by atoms with Crippen molar-refractivity contribution in [3.8, 4) is 0 Å². The normalized spacial score (nSPS) is 29.7. The smallest absolute Gasteiger partial charge is 0.241 e. The van der Waals surface area contributed by atoms with E-state index in [0.29, 0.717) is 6.54 Å². The molecule has 4 heterocycles. The summed E-state index contributed by atoms with van der Waals surface area (Å²) in [6.07, 6.45) is 2.84. The predicted molar refractivity (Wildman–Crippen MR) is 90.1 cm³/mol. The van der Waals surface area contributed by atoms with Crippen molar-refractivity contribution in [3.63, 3.8) is 0 Å². The summed E-state index contributed by atoms with van der Waals surface area (Å²) in [5.74, 6) is -1.54. The molecular formula is C18H15ClFN3O3. The van der Waals surface area contributed by atoms with Gasteiger partial charge in [-0.2, -0.15) is 5.10 Å². The molecule has 3 fully saturated rings. The second kappa shape index (κ2) is 5.62. The lowest BCUT2D eigenvalue weighted by Gasteiger charge is -2.15. The number of nitrogens with zero attached hydrogens (tertiary/aromatic N) is 3. The summed E-state index contributed by atoms with van der Waals surface area (Å²) < 4.78 is 20.3. The Bertz CT molecular complexity index is 885. The molecule has 3 aliphatic heterocycles. The second-order valence-corrected chi connectivity index (χ2v) is 7.39. The summed E-state index contributed by atoms with van der Waals surface area (Å²) in [5, 5.41) is 4.58. The number of carbonyl (C=O) groups excluding carboxylic acids is 2. The van der Waals surface area contributed by atoms with Crippen LogP contribution in [0.2, 0.25) is 5.02 Å². The lowest BCUT2D eigenvalue weighted by molar-refractivity contribution is -0.124. The van der Waals surface area contributed by atoms with E-state index in [1.165, 1.54) is 12.1 Å². The SMILES string of the molecule is O=C1[C@@H]2[C@H](C(=O)N1c1nn(Cc3ccc(F)cc3)cc1Cl)[C@H]1CC[C@@H]2O1. The second-order valence-electron chi connectivity index (χ2n) is 6.98. The Morgan fingerprint density at radius 1 is 1.12 bits per heavy atom. The fourth-order valence-corrected chi connectivity index (χ4v) is 4.55. The van der Waals surface area contributed by atoms with Crippen molar-refractivity contribution in [1.29, 1.82) is 0 Å². The Kier molecular flexibility index (Phi) is 3.45. The summed E-state index contributed by atoms with van der Waals surface area (Å²) in [5.41, 5.74) is 0.833.